The number of fused-ring (bicyclic) bond motifs is 1. The fraction of sp³-hybridized carbons (Fsp3) is 0.682. The molecule has 2 N–H and O–H groups in total. The van der Waals surface area contributed by atoms with E-state index in [2.05, 4.69) is 45.4 Å². The lowest BCUT2D eigenvalue weighted by atomic mass is 9.83. The molecule has 1 aromatic carbocycles. The van der Waals surface area contributed by atoms with Crippen molar-refractivity contribution in [3.63, 3.8) is 0 Å². The molecule has 0 spiro atoms. The van der Waals surface area contributed by atoms with Crippen LogP contribution < -0.4 is 5.32 Å². The summed E-state index contributed by atoms with van der Waals surface area (Å²) in [4.78, 5) is 17.6. The van der Waals surface area contributed by atoms with Gasteiger partial charge in [0, 0.05) is 44.1 Å². The van der Waals surface area contributed by atoms with Crippen LogP contribution in [0, 0.1) is 11.8 Å². The molecular weight excluding hydrogens is 352 g/mol. The van der Waals surface area contributed by atoms with Crippen LogP contribution in [-0.2, 0) is 6.42 Å². The Morgan fingerprint density at radius 1 is 1.11 bits per heavy atom. The van der Waals surface area contributed by atoms with E-state index < -0.39 is 0 Å². The molecule has 0 aliphatic carbocycles. The minimum atomic E-state index is 0.0981. The molecule has 5 saturated heterocycles. The number of nitrogens with zero attached hydrogens (tertiary/aromatic N) is 3. The van der Waals surface area contributed by atoms with Gasteiger partial charge in [0.1, 0.15) is 19.6 Å². The number of nitrogens with one attached hydrogen (secondary N) is 1. The predicted octanol–water partition coefficient (Wildman–Crippen LogP) is 1.94. The number of rotatable bonds is 4. The molecule has 5 fully saturated rings. The lowest BCUT2D eigenvalue weighted by molar-refractivity contribution is -1.11. The Bertz CT molecular complexity index is 714. The zero-order valence-corrected chi connectivity index (χ0v) is 16.7. The smallest absolute Gasteiger partial charge is 0.318 e. The van der Waals surface area contributed by atoms with Gasteiger partial charge in [0.2, 0.25) is 0 Å². The number of hydrogen-bond acceptors (Lipinski definition) is 3. The van der Waals surface area contributed by atoms with Crippen LogP contribution >= 0.6 is 0 Å². The number of carbonyl (C=O) groups is 1. The van der Waals surface area contributed by atoms with E-state index in [9.17, 15) is 10.0 Å². The van der Waals surface area contributed by atoms with Gasteiger partial charge < -0.3 is 15.1 Å². The molecule has 5 heterocycles. The van der Waals surface area contributed by atoms with Crippen LogP contribution in [0.1, 0.15) is 24.8 Å². The number of quaternary nitrogens is 1. The normalized spacial score (nSPS) is 37.2. The van der Waals surface area contributed by atoms with Crippen molar-refractivity contribution in [3.05, 3.63) is 35.9 Å². The molecule has 6 nitrogen and oxygen atoms in total. The van der Waals surface area contributed by atoms with E-state index in [0.29, 0.717) is 18.4 Å². The van der Waals surface area contributed by atoms with Crippen LogP contribution in [0.15, 0.2) is 30.3 Å². The second-order valence-electron chi connectivity index (χ2n) is 9.62. The van der Waals surface area contributed by atoms with Gasteiger partial charge in [-0.3, -0.25) is 0 Å². The third-order valence-corrected chi connectivity index (χ3v) is 7.33. The van der Waals surface area contributed by atoms with Crippen LogP contribution in [0.4, 0.5) is 4.79 Å². The lowest BCUT2D eigenvalue weighted by Crippen LogP contribution is -2.61. The summed E-state index contributed by atoms with van der Waals surface area (Å²) in [6, 6.07) is 11.2. The lowest BCUT2D eigenvalue weighted by Gasteiger charge is -2.44. The summed E-state index contributed by atoms with van der Waals surface area (Å²) >= 11 is 0. The zero-order chi connectivity index (χ0) is 19.1. The third kappa shape index (κ3) is 3.78. The number of benzene rings is 1. The summed E-state index contributed by atoms with van der Waals surface area (Å²) in [6.45, 7) is 6.31. The molecule has 0 aromatic heterocycles. The highest BCUT2D eigenvalue weighted by atomic mass is 16.5. The first-order valence-electron chi connectivity index (χ1n) is 11.0. The Balaban J connectivity index is 1.14. The maximum absolute atomic E-state index is 13.1. The predicted molar refractivity (Wildman–Crippen MR) is 107 cm³/mol. The van der Waals surface area contributed by atoms with Crippen LogP contribution in [0.2, 0.25) is 0 Å². The van der Waals surface area contributed by atoms with Gasteiger partial charge >= 0.3 is 6.03 Å². The summed E-state index contributed by atoms with van der Waals surface area (Å²) in [5, 5.41) is 14.1. The number of amides is 2. The standard InChI is InChI=1S/C22H32N4O2/c27-22(25-12-19-10-18-11-21(25)16-26(28,14-18)15-19)23-20-7-9-24(13-20)8-6-17-4-2-1-3-5-17/h1-5,18-21,28H,6-16H2/p+1/t18?,19?,20-,21?,26?/m0/s1. The molecule has 4 unspecified atom stereocenters. The number of hydrogen-bond donors (Lipinski definition) is 2. The first-order chi connectivity index (χ1) is 13.6. The molecule has 5 aliphatic rings. The molecule has 2 amide bonds. The Morgan fingerprint density at radius 2 is 1.93 bits per heavy atom. The van der Waals surface area contributed by atoms with Crippen LogP contribution in [0.3, 0.4) is 0 Å². The fourth-order valence-corrected chi connectivity index (χ4v) is 6.20. The molecule has 1 aromatic rings. The molecule has 0 saturated carbocycles. The van der Waals surface area contributed by atoms with E-state index in [1.165, 1.54) is 12.0 Å². The fourth-order valence-electron chi connectivity index (χ4n) is 6.20. The first-order valence-corrected chi connectivity index (χ1v) is 11.0. The average molecular weight is 386 g/mol. The SMILES string of the molecule is O=C(N[C@H]1CCN(CCc2ccccc2)C1)N1CC2CC3CC1C[N+](O)(C3)C2. The van der Waals surface area contributed by atoms with E-state index in [-0.39, 0.29) is 22.8 Å². The highest BCUT2D eigenvalue weighted by Gasteiger charge is 2.52. The molecule has 6 heteroatoms. The molecule has 28 heavy (non-hydrogen) atoms. The molecule has 5 aliphatic heterocycles. The van der Waals surface area contributed by atoms with Gasteiger partial charge in [-0.05, 0) is 31.2 Å². The Hall–Kier alpha value is -1.63. The Kier molecular flexibility index (Phi) is 4.81. The quantitative estimate of drug-likeness (QED) is 0.779. The van der Waals surface area contributed by atoms with Gasteiger partial charge in [0.25, 0.3) is 0 Å². The van der Waals surface area contributed by atoms with Gasteiger partial charge in [-0.1, -0.05) is 30.3 Å². The number of urea groups is 1. The Morgan fingerprint density at radius 3 is 2.75 bits per heavy atom. The second kappa shape index (κ2) is 7.32. The summed E-state index contributed by atoms with van der Waals surface area (Å²) in [5.74, 6) is 1.04. The Labute approximate surface area is 167 Å². The van der Waals surface area contributed by atoms with Crippen LogP contribution in [-0.4, -0.2) is 83.6 Å². The topological polar surface area (TPSA) is 55.8 Å². The maximum Gasteiger partial charge on any atom is 0.318 e. The van der Waals surface area contributed by atoms with E-state index in [4.69, 9.17) is 0 Å². The summed E-state index contributed by atoms with van der Waals surface area (Å²) in [6.07, 6.45) is 4.34. The van der Waals surface area contributed by atoms with E-state index in [0.717, 1.165) is 58.5 Å². The first kappa shape index (κ1) is 18.4. The van der Waals surface area contributed by atoms with Crippen molar-refractivity contribution in [2.24, 2.45) is 11.8 Å². The van der Waals surface area contributed by atoms with Gasteiger partial charge in [0.15, 0.2) is 0 Å². The molecule has 5 atom stereocenters. The zero-order valence-electron chi connectivity index (χ0n) is 16.7. The highest BCUT2D eigenvalue weighted by molar-refractivity contribution is 5.75. The summed E-state index contributed by atoms with van der Waals surface area (Å²) in [7, 11) is 0. The number of piperidine rings is 2. The maximum atomic E-state index is 13.1. The summed E-state index contributed by atoms with van der Waals surface area (Å²) < 4.78 is 0.195. The van der Waals surface area contributed by atoms with E-state index >= 15 is 0 Å². The summed E-state index contributed by atoms with van der Waals surface area (Å²) in [5.41, 5.74) is 1.38. The van der Waals surface area contributed by atoms with Gasteiger partial charge in [0.05, 0.1) is 6.04 Å². The minimum absolute atomic E-state index is 0.0981. The molecule has 6 rings (SSSR count). The van der Waals surface area contributed by atoms with Crippen molar-refractivity contribution >= 4 is 6.03 Å². The average Bonchev–Trinajstić information content (AvgIpc) is 3.02. The highest BCUT2D eigenvalue weighted by Crippen LogP contribution is 2.39. The van der Waals surface area contributed by atoms with Crippen molar-refractivity contribution in [1.29, 1.82) is 0 Å². The molecule has 0 radical (unpaired) electrons. The second-order valence-corrected chi connectivity index (χ2v) is 9.62. The van der Waals surface area contributed by atoms with Crippen molar-refractivity contribution in [1.82, 2.24) is 15.1 Å². The van der Waals surface area contributed by atoms with Crippen LogP contribution in [0.25, 0.3) is 0 Å². The monoisotopic (exact) mass is 385 g/mol. The van der Waals surface area contributed by atoms with Crippen molar-refractivity contribution in [2.75, 3.05) is 45.8 Å². The van der Waals surface area contributed by atoms with Gasteiger partial charge in [-0.2, -0.15) is 4.65 Å². The van der Waals surface area contributed by atoms with Gasteiger partial charge in [-0.15, -0.1) is 0 Å². The minimum Gasteiger partial charge on any atom is -0.334 e. The molecule has 152 valence electrons. The number of carbonyl (C=O) groups excluding carboxylic acids is 1. The molecule has 4 bridgehead atoms. The molecular formula is C22H33N4O2+. The van der Waals surface area contributed by atoms with Gasteiger partial charge in [-0.25, -0.2) is 10.0 Å². The van der Waals surface area contributed by atoms with Crippen LogP contribution in [0.5, 0.6) is 0 Å². The van der Waals surface area contributed by atoms with Crippen molar-refractivity contribution < 1.29 is 14.6 Å². The van der Waals surface area contributed by atoms with Crippen molar-refractivity contribution in [3.8, 4) is 0 Å². The van der Waals surface area contributed by atoms with E-state index in [1.54, 1.807) is 0 Å². The largest absolute Gasteiger partial charge is 0.334 e. The third-order valence-electron chi connectivity index (χ3n) is 7.33. The number of likely N-dealkylation sites (tertiary alicyclic amines) is 1. The van der Waals surface area contributed by atoms with E-state index in [1.807, 2.05) is 0 Å². The number of hydroxylamine groups is 3. The van der Waals surface area contributed by atoms with Crippen molar-refractivity contribution in [2.45, 2.75) is 37.8 Å².